The van der Waals surface area contributed by atoms with E-state index in [1.165, 1.54) is 44.9 Å². The van der Waals surface area contributed by atoms with Gasteiger partial charge in [-0.2, -0.15) is 5.10 Å². The molecule has 0 aliphatic carbocycles. The van der Waals surface area contributed by atoms with Gasteiger partial charge in [0, 0.05) is 13.0 Å². The summed E-state index contributed by atoms with van der Waals surface area (Å²) in [5.41, 5.74) is 1.72. The molecule has 0 saturated heterocycles. The molecule has 0 spiro atoms. The summed E-state index contributed by atoms with van der Waals surface area (Å²) in [6.45, 7) is 6.99. The van der Waals surface area contributed by atoms with Gasteiger partial charge in [-0.25, -0.2) is 0 Å². The van der Waals surface area contributed by atoms with Crippen molar-refractivity contribution in [2.75, 3.05) is 0 Å². The molecule has 3 nitrogen and oxygen atoms in total. The van der Waals surface area contributed by atoms with Crippen LogP contribution in [-0.4, -0.2) is 15.6 Å². The molecule has 0 N–H and O–H groups in total. The average molecular weight is 278 g/mol. The molecule has 0 aromatic carbocycles. The minimum atomic E-state index is 0.249. The van der Waals surface area contributed by atoms with Gasteiger partial charge in [-0.05, 0) is 26.3 Å². The third-order valence-electron chi connectivity index (χ3n) is 3.74. The van der Waals surface area contributed by atoms with Gasteiger partial charge < -0.3 is 0 Å². The Morgan fingerprint density at radius 1 is 1.05 bits per heavy atom. The lowest BCUT2D eigenvalue weighted by Gasteiger charge is -2.04. The van der Waals surface area contributed by atoms with Crippen LogP contribution in [0.4, 0.5) is 0 Å². The fourth-order valence-electron chi connectivity index (χ4n) is 2.56. The van der Waals surface area contributed by atoms with Crippen molar-refractivity contribution in [2.45, 2.75) is 85.1 Å². The summed E-state index contributed by atoms with van der Waals surface area (Å²) in [5.74, 6) is 0.249. The standard InChI is InChI=1S/C17H30N2O/c1-4-6-7-8-9-10-11-12-13-17(20)16-14-15(3)18-19(16)5-2/h14H,4-13H2,1-3H3. The van der Waals surface area contributed by atoms with Crippen molar-refractivity contribution in [3.8, 4) is 0 Å². The molecule has 3 heteroatoms. The Hall–Kier alpha value is -1.12. The van der Waals surface area contributed by atoms with Crippen molar-refractivity contribution in [1.29, 1.82) is 0 Å². The largest absolute Gasteiger partial charge is 0.292 e. The van der Waals surface area contributed by atoms with Crippen LogP contribution in [0.2, 0.25) is 0 Å². The van der Waals surface area contributed by atoms with E-state index in [1.54, 1.807) is 0 Å². The van der Waals surface area contributed by atoms with Crippen LogP contribution in [0.3, 0.4) is 0 Å². The lowest BCUT2D eigenvalue weighted by molar-refractivity contribution is 0.0968. The van der Waals surface area contributed by atoms with Crippen LogP contribution in [-0.2, 0) is 6.54 Å². The van der Waals surface area contributed by atoms with E-state index in [4.69, 9.17) is 0 Å². The van der Waals surface area contributed by atoms with Crippen LogP contribution in [0, 0.1) is 6.92 Å². The van der Waals surface area contributed by atoms with Gasteiger partial charge in [-0.1, -0.05) is 51.9 Å². The van der Waals surface area contributed by atoms with E-state index >= 15 is 0 Å². The quantitative estimate of drug-likeness (QED) is 0.425. The number of aromatic nitrogens is 2. The lowest BCUT2D eigenvalue weighted by Crippen LogP contribution is -2.09. The third kappa shape index (κ3) is 5.89. The smallest absolute Gasteiger partial charge is 0.180 e. The van der Waals surface area contributed by atoms with E-state index in [0.717, 1.165) is 24.4 Å². The third-order valence-corrected chi connectivity index (χ3v) is 3.74. The number of carbonyl (C=O) groups excluding carboxylic acids is 1. The minimum absolute atomic E-state index is 0.249. The molecule has 0 bridgehead atoms. The van der Waals surface area contributed by atoms with Crippen molar-refractivity contribution in [2.24, 2.45) is 0 Å². The summed E-state index contributed by atoms with van der Waals surface area (Å²) in [5, 5.41) is 4.33. The molecule has 0 aliphatic heterocycles. The molecule has 0 aliphatic rings. The zero-order chi connectivity index (χ0) is 14.8. The minimum Gasteiger partial charge on any atom is -0.292 e. The Morgan fingerprint density at radius 3 is 2.25 bits per heavy atom. The second-order valence-corrected chi connectivity index (χ2v) is 5.63. The second kappa shape index (κ2) is 9.73. The molecule has 0 fully saturated rings. The Labute approximate surface area is 123 Å². The van der Waals surface area contributed by atoms with E-state index in [9.17, 15) is 4.79 Å². The topological polar surface area (TPSA) is 34.9 Å². The zero-order valence-electron chi connectivity index (χ0n) is 13.5. The highest BCUT2D eigenvalue weighted by Gasteiger charge is 2.12. The van der Waals surface area contributed by atoms with Crippen molar-refractivity contribution < 1.29 is 4.79 Å². The van der Waals surface area contributed by atoms with Crippen molar-refractivity contribution in [3.63, 3.8) is 0 Å². The molecule has 1 aromatic rings. The first-order chi connectivity index (χ1) is 9.69. The van der Waals surface area contributed by atoms with Gasteiger partial charge in [0.2, 0.25) is 0 Å². The van der Waals surface area contributed by atoms with Crippen LogP contribution in [0.25, 0.3) is 0 Å². The number of aryl methyl sites for hydroxylation is 2. The molecule has 0 radical (unpaired) electrons. The maximum Gasteiger partial charge on any atom is 0.180 e. The summed E-state index contributed by atoms with van der Waals surface area (Å²) in [7, 11) is 0. The number of carbonyl (C=O) groups is 1. The van der Waals surface area contributed by atoms with Crippen LogP contribution in [0.5, 0.6) is 0 Å². The van der Waals surface area contributed by atoms with Crippen molar-refractivity contribution >= 4 is 5.78 Å². The summed E-state index contributed by atoms with van der Waals surface area (Å²) < 4.78 is 1.82. The highest BCUT2D eigenvalue weighted by Crippen LogP contribution is 2.13. The SMILES string of the molecule is CCCCCCCCCCC(=O)c1cc(C)nn1CC. The molecular formula is C17H30N2O. The zero-order valence-corrected chi connectivity index (χ0v) is 13.5. The Kier molecular flexibility index (Phi) is 8.24. The second-order valence-electron chi connectivity index (χ2n) is 5.63. The number of unbranched alkanes of at least 4 members (excludes halogenated alkanes) is 7. The van der Waals surface area contributed by atoms with Crippen LogP contribution >= 0.6 is 0 Å². The van der Waals surface area contributed by atoms with Gasteiger partial charge >= 0.3 is 0 Å². The predicted molar refractivity (Wildman–Crippen MR) is 84.2 cm³/mol. The first kappa shape index (κ1) is 16.9. The molecule has 1 aromatic heterocycles. The first-order valence-corrected chi connectivity index (χ1v) is 8.26. The van der Waals surface area contributed by atoms with Gasteiger partial charge in [0.15, 0.2) is 5.78 Å². The number of rotatable bonds is 11. The number of nitrogens with zero attached hydrogens (tertiary/aromatic N) is 2. The van der Waals surface area contributed by atoms with E-state index in [0.29, 0.717) is 6.42 Å². The van der Waals surface area contributed by atoms with E-state index in [-0.39, 0.29) is 5.78 Å². The molecule has 1 heterocycles. The van der Waals surface area contributed by atoms with E-state index < -0.39 is 0 Å². The Bertz CT molecular complexity index is 396. The lowest BCUT2D eigenvalue weighted by atomic mass is 10.1. The highest BCUT2D eigenvalue weighted by molar-refractivity contribution is 5.94. The highest BCUT2D eigenvalue weighted by atomic mass is 16.1. The first-order valence-electron chi connectivity index (χ1n) is 8.26. The molecule has 0 saturated carbocycles. The molecule has 0 amide bonds. The van der Waals surface area contributed by atoms with Crippen LogP contribution in [0.15, 0.2) is 6.07 Å². The maximum absolute atomic E-state index is 12.2. The van der Waals surface area contributed by atoms with Crippen LogP contribution < -0.4 is 0 Å². The molecule has 114 valence electrons. The number of hydrogen-bond acceptors (Lipinski definition) is 2. The normalized spacial score (nSPS) is 10.9. The fraction of sp³-hybridized carbons (Fsp3) is 0.765. The van der Waals surface area contributed by atoms with Crippen molar-refractivity contribution in [1.82, 2.24) is 9.78 Å². The van der Waals surface area contributed by atoms with Crippen molar-refractivity contribution in [3.05, 3.63) is 17.5 Å². The van der Waals surface area contributed by atoms with Gasteiger partial charge in [0.05, 0.1) is 5.69 Å². The number of Topliss-reactive ketones (excluding diaryl/α,β-unsaturated/α-hetero) is 1. The fourth-order valence-corrected chi connectivity index (χ4v) is 2.56. The predicted octanol–water partition coefficient (Wildman–Crippen LogP) is 4.92. The van der Waals surface area contributed by atoms with Gasteiger partial charge in [-0.15, -0.1) is 0 Å². The summed E-state index contributed by atoms with van der Waals surface area (Å²) in [6.07, 6.45) is 10.8. The molecule has 20 heavy (non-hydrogen) atoms. The number of hydrogen-bond donors (Lipinski definition) is 0. The Balaban J connectivity index is 2.17. The summed E-state index contributed by atoms with van der Waals surface area (Å²) >= 11 is 0. The van der Waals surface area contributed by atoms with Gasteiger partial charge in [0.25, 0.3) is 0 Å². The summed E-state index contributed by atoms with van der Waals surface area (Å²) in [4.78, 5) is 12.2. The van der Waals surface area contributed by atoms with E-state index in [2.05, 4.69) is 12.0 Å². The average Bonchev–Trinajstić information content (AvgIpc) is 2.83. The Morgan fingerprint density at radius 2 is 1.65 bits per heavy atom. The van der Waals surface area contributed by atoms with E-state index in [1.807, 2.05) is 24.6 Å². The van der Waals surface area contributed by atoms with Gasteiger partial charge in [-0.3, -0.25) is 9.48 Å². The maximum atomic E-state index is 12.2. The molecule has 0 atom stereocenters. The molecular weight excluding hydrogens is 248 g/mol. The monoisotopic (exact) mass is 278 g/mol. The molecule has 1 rings (SSSR count). The molecule has 0 unspecified atom stereocenters. The summed E-state index contributed by atoms with van der Waals surface area (Å²) in [6, 6.07) is 1.91. The van der Waals surface area contributed by atoms with Crippen LogP contribution in [0.1, 0.15) is 87.8 Å². The van der Waals surface area contributed by atoms with Gasteiger partial charge in [0.1, 0.15) is 5.69 Å². The number of ketones is 1.